The molecule has 0 aliphatic carbocycles. The van der Waals surface area contributed by atoms with Gasteiger partial charge in [-0.2, -0.15) is 5.10 Å². The molecule has 0 saturated heterocycles. The fourth-order valence-corrected chi connectivity index (χ4v) is 2.05. The van der Waals surface area contributed by atoms with Gasteiger partial charge >= 0.3 is 0 Å². The second kappa shape index (κ2) is 4.25. The lowest BCUT2D eigenvalue weighted by Gasteiger charge is -2.23. The number of nitrogens with zero attached hydrogens (tertiary/aromatic N) is 2. The summed E-state index contributed by atoms with van der Waals surface area (Å²) in [4.78, 5) is 0. The number of nitrogen functional groups attached to an aromatic ring is 1. The van der Waals surface area contributed by atoms with Gasteiger partial charge in [0, 0.05) is 6.54 Å². The third-order valence-corrected chi connectivity index (χ3v) is 2.59. The highest BCUT2D eigenvalue weighted by atomic mass is 15.3. The summed E-state index contributed by atoms with van der Waals surface area (Å²) in [5.74, 6) is 0.628. The van der Waals surface area contributed by atoms with Crippen molar-refractivity contribution in [3.63, 3.8) is 0 Å². The zero-order valence-corrected chi connectivity index (χ0v) is 10.5. The number of aromatic nitrogens is 2. The molecule has 0 bridgehead atoms. The molecule has 15 heavy (non-hydrogen) atoms. The van der Waals surface area contributed by atoms with Gasteiger partial charge < -0.3 is 5.73 Å². The Kier molecular flexibility index (Phi) is 3.42. The molecule has 2 N–H and O–H groups in total. The van der Waals surface area contributed by atoms with Gasteiger partial charge in [-0.15, -0.1) is 0 Å². The SMILES string of the molecule is Cc1c(N)cnn1CC(C)CC(C)(C)C. The molecule has 0 spiro atoms. The van der Waals surface area contributed by atoms with Crippen LogP contribution in [0.25, 0.3) is 0 Å². The fraction of sp³-hybridized carbons (Fsp3) is 0.750. The lowest BCUT2D eigenvalue weighted by Crippen LogP contribution is -2.17. The van der Waals surface area contributed by atoms with Crippen LogP contribution < -0.4 is 5.73 Å². The lowest BCUT2D eigenvalue weighted by atomic mass is 9.85. The van der Waals surface area contributed by atoms with Crippen LogP contribution in [0.4, 0.5) is 5.69 Å². The second-order valence-corrected chi connectivity index (χ2v) is 5.74. The molecule has 0 aliphatic rings. The topological polar surface area (TPSA) is 43.8 Å². The molecule has 0 amide bonds. The van der Waals surface area contributed by atoms with E-state index in [-0.39, 0.29) is 0 Å². The second-order valence-electron chi connectivity index (χ2n) is 5.74. The van der Waals surface area contributed by atoms with Crippen LogP contribution in [0.3, 0.4) is 0 Å². The molecular weight excluding hydrogens is 186 g/mol. The molecule has 0 fully saturated rings. The largest absolute Gasteiger partial charge is 0.396 e. The zero-order chi connectivity index (χ0) is 11.6. The Hall–Kier alpha value is -0.990. The van der Waals surface area contributed by atoms with Crippen molar-refractivity contribution in [3.8, 4) is 0 Å². The molecule has 1 rings (SSSR count). The van der Waals surface area contributed by atoms with Crippen LogP contribution >= 0.6 is 0 Å². The maximum atomic E-state index is 5.76. The monoisotopic (exact) mass is 209 g/mol. The highest BCUT2D eigenvalue weighted by Crippen LogP contribution is 2.25. The fourth-order valence-electron chi connectivity index (χ4n) is 2.05. The highest BCUT2D eigenvalue weighted by Gasteiger charge is 2.16. The Balaban J connectivity index is 2.59. The minimum Gasteiger partial charge on any atom is -0.396 e. The standard InChI is InChI=1S/C12H23N3/c1-9(6-12(3,4)5)8-15-10(2)11(13)7-14-15/h7,9H,6,8,13H2,1-5H3. The third kappa shape index (κ3) is 3.57. The lowest BCUT2D eigenvalue weighted by molar-refractivity contribution is 0.278. The van der Waals surface area contributed by atoms with Crippen molar-refractivity contribution in [2.24, 2.45) is 11.3 Å². The van der Waals surface area contributed by atoms with Crippen LogP contribution in [0.2, 0.25) is 0 Å². The van der Waals surface area contributed by atoms with Crippen LogP contribution in [0.5, 0.6) is 0 Å². The van der Waals surface area contributed by atoms with Gasteiger partial charge in [-0.3, -0.25) is 4.68 Å². The Labute approximate surface area is 92.7 Å². The van der Waals surface area contributed by atoms with Crippen molar-refractivity contribution in [1.82, 2.24) is 9.78 Å². The van der Waals surface area contributed by atoms with E-state index in [4.69, 9.17) is 5.73 Å². The van der Waals surface area contributed by atoms with Gasteiger partial charge in [-0.05, 0) is 24.7 Å². The average molecular weight is 209 g/mol. The molecule has 3 heteroatoms. The van der Waals surface area contributed by atoms with Gasteiger partial charge in [0.15, 0.2) is 0 Å². The van der Waals surface area contributed by atoms with Crippen molar-refractivity contribution in [2.75, 3.05) is 5.73 Å². The normalized spacial score (nSPS) is 14.2. The summed E-state index contributed by atoms with van der Waals surface area (Å²) >= 11 is 0. The molecule has 1 aromatic heterocycles. The van der Waals surface area contributed by atoms with E-state index >= 15 is 0 Å². The van der Waals surface area contributed by atoms with Crippen LogP contribution in [-0.4, -0.2) is 9.78 Å². The average Bonchev–Trinajstić information content (AvgIpc) is 2.32. The van der Waals surface area contributed by atoms with E-state index in [1.807, 2.05) is 11.6 Å². The van der Waals surface area contributed by atoms with E-state index in [1.165, 1.54) is 6.42 Å². The van der Waals surface area contributed by atoms with E-state index in [2.05, 4.69) is 32.8 Å². The Morgan fingerprint density at radius 1 is 1.47 bits per heavy atom. The van der Waals surface area contributed by atoms with Crippen LogP contribution in [0.15, 0.2) is 6.20 Å². The quantitative estimate of drug-likeness (QED) is 0.832. The van der Waals surface area contributed by atoms with Crippen molar-refractivity contribution in [1.29, 1.82) is 0 Å². The summed E-state index contributed by atoms with van der Waals surface area (Å²) in [7, 11) is 0. The molecule has 1 aromatic rings. The number of hydrogen-bond acceptors (Lipinski definition) is 2. The molecule has 0 aliphatic heterocycles. The van der Waals surface area contributed by atoms with Crippen LogP contribution in [0.1, 0.15) is 39.8 Å². The van der Waals surface area contributed by atoms with Crippen LogP contribution in [0, 0.1) is 18.3 Å². The van der Waals surface area contributed by atoms with Gasteiger partial charge in [-0.25, -0.2) is 0 Å². The first-order valence-corrected chi connectivity index (χ1v) is 5.57. The maximum absolute atomic E-state index is 5.76. The van der Waals surface area contributed by atoms with Crippen molar-refractivity contribution < 1.29 is 0 Å². The summed E-state index contributed by atoms with van der Waals surface area (Å²) in [5.41, 5.74) is 8.01. The van der Waals surface area contributed by atoms with E-state index in [0.29, 0.717) is 11.3 Å². The highest BCUT2D eigenvalue weighted by molar-refractivity contribution is 5.39. The maximum Gasteiger partial charge on any atom is 0.0730 e. The first-order chi connectivity index (χ1) is 6.79. The van der Waals surface area contributed by atoms with Gasteiger partial charge in [0.05, 0.1) is 17.6 Å². The minimum absolute atomic E-state index is 0.381. The smallest absolute Gasteiger partial charge is 0.0730 e. The summed E-state index contributed by atoms with van der Waals surface area (Å²) in [6.45, 7) is 12.1. The van der Waals surface area contributed by atoms with E-state index < -0.39 is 0 Å². The Bertz CT molecular complexity index is 320. The molecule has 1 atom stereocenters. The van der Waals surface area contributed by atoms with Crippen molar-refractivity contribution in [2.45, 2.75) is 47.6 Å². The molecule has 86 valence electrons. The predicted octanol–water partition coefficient (Wildman–Crippen LogP) is 2.85. The van der Waals surface area contributed by atoms with Crippen molar-refractivity contribution >= 4 is 5.69 Å². The number of rotatable bonds is 3. The molecule has 1 heterocycles. The summed E-state index contributed by atoms with van der Waals surface area (Å²) in [5, 5.41) is 4.28. The van der Waals surface area contributed by atoms with Gasteiger partial charge in [0.2, 0.25) is 0 Å². The first kappa shape index (κ1) is 12.1. The number of hydrogen-bond donors (Lipinski definition) is 1. The summed E-state index contributed by atoms with van der Waals surface area (Å²) in [6.07, 6.45) is 2.94. The minimum atomic E-state index is 0.381. The zero-order valence-electron chi connectivity index (χ0n) is 10.5. The number of anilines is 1. The Morgan fingerprint density at radius 2 is 2.07 bits per heavy atom. The number of nitrogens with two attached hydrogens (primary N) is 1. The third-order valence-electron chi connectivity index (χ3n) is 2.59. The molecule has 0 aromatic carbocycles. The molecule has 1 unspecified atom stereocenters. The summed E-state index contributed by atoms with van der Waals surface area (Å²) < 4.78 is 2.01. The van der Waals surface area contributed by atoms with E-state index in [0.717, 1.165) is 17.9 Å². The van der Waals surface area contributed by atoms with E-state index in [1.54, 1.807) is 6.20 Å². The summed E-state index contributed by atoms with van der Waals surface area (Å²) in [6, 6.07) is 0. The van der Waals surface area contributed by atoms with Crippen molar-refractivity contribution in [3.05, 3.63) is 11.9 Å². The predicted molar refractivity (Wildman–Crippen MR) is 64.6 cm³/mol. The molecule has 0 saturated carbocycles. The molecular formula is C12H23N3. The first-order valence-electron chi connectivity index (χ1n) is 5.57. The van der Waals surface area contributed by atoms with Gasteiger partial charge in [0.25, 0.3) is 0 Å². The van der Waals surface area contributed by atoms with E-state index in [9.17, 15) is 0 Å². The Morgan fingerprint density at radius 3 is 2.47 bits per heavy atom. The van der Waals surface area contributed by atoms with Gasteiger partial charge in [0.1, 0.15) is 0 Å². The van der Waals surface area contributed by atoms with Crippen LogP contribution in [-0.2, 0) is 6.54 Å². The molecule has 0 radical (unpaired) electrons. The van der Waals surface area contributed by atoms with Gasteiger partial charge in [-0.1, -0.05) is 27.7 Å². The molecule has 3 nitrogen and oxygen atoms in total.